The normalized spacial score (nSPS) is 12.9. The van der Waals surface area contributed by atoms with E-state index in [-0.39, 0.29) is 19.1 Å². The summed E-state index contributed by atoms with van der Waals surface area (Å²) >= 11 is 0. The molecule has 2 atom stereocenters. The number of hydrogen-bond donors (Lipinski definition) is 3. The predicted molar refractivity (Wildman–Crippen MR) is 109 cm³/mol. The second-order valence-corrected chi connectivity index (χ2v) is 6.51. The zero-order valence-corrected chi connectivity index (χ0v) is 16.4. The molecule has 2 aromatic rings. The Balaban J connectivity index is 2.16. The average molecular weight is 399 g/mol. The topological polar surface area (TPSA) is 105 Å². The Labute approximate surface area is 169 Å². The minimum atomic E-state index is -1.08. The summed E-state index contributed by atoms with van der Waals surface area (Å²) in [5, 5.41) is 20.4. The number of nitrogens with one attached hydrogen (secondary N) is 1. The van der Waals surface area contributed by atoms with Gasteiger partial charge in [0.1, 0.15) is 18.5 Å². The summed E-state index contributed by atoms with van der Waals surface area (Å²) in [6.07, 6.45) is 1.15. The molecule has 0 fully saturated rings. The number of rotatable bonds is 9. The second-order valence-electron chi connectivity index (χ2n) is 6.51. The summed E-state index contributed by atoms with van der Waals surface area (Å²) < 4.78 is 10.9. The summed E-state index contributed by atoms with van der Waals surface area (Å²) in [4.78, 5) is 23.3. The van der Waals surface area contributed by atoms with Crippen LogP contribution >= 0.6 is 0 Å². The number of carboxylic acids is 1. The van der Waals surface area contributed by atoms with Crippen LogP contribution in [0.5, 0.6) is 5.75 Å². The van der Waals surface area contributed by atoms with E-state index in [0.717, 1.165) is 11.6 Å². The Bertz CT molecular complexity index is 829. The van der Waals surface area contributed by atoms with Crippen molar-refractivity contribution >= 4 is 17.7 Å². The number of carboxylic acid groups (broad SMARTS) is 1. The lowest BCUT2D eigenvalue weighted by molar-refractivity contribution is -0.131. The number of aliphatic carboxylic acids is 1. The Morgan fingerprint density at radius 2 is 1.76 bits per heavy atom. The average Bonchev–Trinajstić information content (AvgIpc) is 2.71. The molecule has 0 saturated carbocycles. The zero-order valence-electron chi connectivity index (χ0n) is 16.4. The van der Waals surface area contributed by atoms with Crippen LogP contribution < -0.4 is 10.1 Å². The van der Waals surface area contributed by atoms with E-state index in [2.05, 4.69) is 5.32 Å². The summed E-state index contributed by atoms with van der Waals surface area (Å²) in [7, 11) is 0. The lowest BCUT2D eigenvalue weighted by Gasteiger charge is -2.23. The number of hydrogen-bond acceptors (Lipinski definition) is 5. The van der Waals surface area contributed by atoms with Crippen molar-refractivity contribution in [2.24, 2.45) is 5.92 Å². The molecule has 0 heterocycles. The number of aryl methyl sites for hydroxylation is 1. The van der Waals surface area contributed by atoms with Crippen LogP contribution in [0.2, 0.25) is 0 Å². The molecular weight excluding hydrogens is 374 g/mol. The van der Waals surface area contributed by atoms with Gasteiger partial charge in [-0.1, -0.05) is 42.8 Å². The molecule has 0 bridgehead atoms. The lowest BCUT2D eigenvalue weighted by atomic mass is 9.96. The molecule has 3 N–H and O–H groups in total. The molecule has 0 aliphatic heterocycles. The van der Waals surface area contributed by atoms with Crippen molar-refractivity contribution in [3.8, 4) is 5.75 Å². The number of carbonyl (C=O) groups excluding carboxylic acids is 1. The first kappa shape index (κ1) is 22.0. The van der Waals surface area contributed by atoms with E-state index in [1.807, 2.05) is 19.1 Å². The van der Waals surface area contributed by atoms with Gasteiger partial charge in [0, 0.05) is 17.7 Å². The molecule has 0 saturated heterocycles. The Hall–Kier alpha value is -3.32. The van der Waals surface area contributed by atoms with Crippen LogP contribution in [0.25, 0.3) is 0 Å². The number of amides is 1. The maximum atomic E-state index is 12.4. The molecule has 2 aromatic carbocycles. The van der Waals surface area contributed by atoms with Gasteiger partial charge in [-0.25, -0.2) is 9.59 Å². The zero-order chi connectivity index (χ0) is 21.2. The van der Waals surface area contributed by atoms with Crippen molar-refractivity contribution < 1.29 is 29.3 Å². The first-order valence-electron chi connectivity index (χ1n) is 9.18. The van der Waals surface area contributed by atoms with Crippen molar-refractivity contribution in [3.63, 3.8) is 0 Å². The van der Waals surface area contributed by atoms with Gasteiger partial charge >= 0.3 is 12.1 Å². The van der Waals surface area contributed by atoms with Crippen molar-refractivity contribution in [2.45, 2.75) is 20.0 Å². The lowest BCUT2D eigenvalue weighted by Crippen LogP contribution is -2.21. The van der Waals surface area contributed by atoms with Crippen LogP contribution in [0, 0.1) is 12.8 Å². The molecule has 0 radical (unpaired) electrons. The van der Waals surface area contributed by atoms with Gasteiger partial charge < -0.3 is 19.7 Å². The number of carbonyl (C=O) groups is 2. The van der Waals surface area contributed by atoms with Gasteiger partial charge in [-0.15, -0.1) is 0 Å². The van der Waals surface area contributed by atoms with Crippen LogP contribution in [0.1, 0.15) is 24.2 Å². The number of aliphatic hydroxyl groups is 1. The van der Waals surface area contributed by atoms with Crippen LogP contribution in [0.15, 0.2) is 60.7 Å². The highest BCUT2D eigenvalue weighted by molar-refractivity contribution is 5.84. The van der Waals surface area contributed by atoms with Crippen molar-refractivity contribution in [1.29, 1.82) is 0 Å². The Morgan fingerprint density at radius 3 is 2.34 bits per heavy atom. The van der Waals surface area contributed by atoms with Crippen molar-refractivity contribution in [1.82, 2.24) is 0 Å². The molecule has 1 amide bonds. The third kappa shape index (κ3) is 7.31. The molecule has 0 aliphatic rings. The standard InChI is InChI=1S/C22H25NO6/c1-15-3-8-18(9-4-15)23-22(27)29-21(16(2)5-12-20(25)26)17-6-10-19(11-7-17)28-14-13-24/h3-12,16,21,24H,13-14H2,1-2H3,(H,23,27)(H,25,26)/b12-5+/t16-,21+/m0/s1. The molecule has 0 aliphatic carbocycles. The van der Waals surface area contributed by atoms with Gasteiger partial charge in [0.15, 0.2) is 0 Å². The summed E-state index contributed by atoms with van der Waals surface area (Å²) in [6, 6.07) is 14.2. The smallest absolute Gasteiger partial charge is 0.412 e. The Morgan fingerprint density at radius 1 is 1.10 bits per heavy atom. The van der Waals surface area contributed by atoms with Gasteiger partial charge in [0.2, 0.25) is 0 Å². The third-order valence-electron chi connectivity index (χ3n) is 4.12. The highest BCUT2D eigenvalue weighted by Crippen LogP contribution is 2.29. The predicted octanol–water partition coefficient (Wildman–Crippen LogP) is 3.93. The maximum Gasteiger partial charge on any atom is 0.412 e. The van der Waals surface area contributed by atoms with Crippen LogP contribution in [-0.4, -0.2) is 35.5 Å². The van der Waals surface area contributed by atoms with E-state index in [1.54, 1.807) is 43.3 Å². The van der Waals surface area contributed by atoms with Crippen molar-refractivity contribution in [3.05, 3.63) is 71.8 Å². The fraction of sp³-hybridized carbons (Fsp3) is 0.273. The SMILES string of the molecule is Cc1ccc(NC(=O)O[C@@H](c2ccc(OCCO)cc2)[C@@H](C)/C=C/C(=O)O)cc1. The van der Waals surface area contributed by atoms with Gasteiger partial charge in [-0.05, 0) is 36.8 Å². The number of anilines is 1. The molecule has 154 valence electrons. The highest BCUT2D eigenvalue weighted by Gasteiger charge is 2.22. The minimum absolute atomic E-state index is 0.0936. The van der Waals surface area contributed by atoms with Crippen LogP contribution in [0.3, 0.4) is 0 Å². The minimum Gasteiger partial charge on any atom is -0.491 e. The van der Waals surface area contributed by atoms with Gasteiger partial charge in [-0.2, -0.15) is 0 Å². The van der Waals surface area contributed by atoms with E-state index in [1.165, 1.54) is 6.08 Å². The fourth-order valence-electron chi connectivity index (χ4n) is 2.63. The van der Waals surface area contributed by atoms with E-state index < -0.39 is 18.2 Å². The number of aliphatic hydroxyl groups excluding tert-OH is 1. The molecule has 0 unspecified atom stereocenters. The van der Waals surface area contributed by atoms with Crippen molar-refractivity contribution in [2.75, 3.05) is 18.5 Å². The maximum absolute atomic E-state index is 12.4. The van der Waals surface area contributed by atoms with E-state index in [0.29, 0.717) is 17.0 Å². The van der Waals surface area contributed by atoms with Gasteiger partial charge in [-0.3, -0.25) is 5.32 Å². The first-order valence-corrected chi connectivity index (χ1v) is 9.18. The summed E-state index contributed by atoms with van der Waals surface area (Å²) in [5.41, 5.74) is 2.35. The number of ether oxygens (including phenoxy) is 2. The summed E-state index contributed by atoms with van der Waals surface area (Å²) in [5.74, 6) is -0.897. The molecule has 7 heteroatoms. The molecule has 0 aromatic heterocycles. The quantitative estimate of drug-likeness (QED) is 0.552. The number of benzene rings is 2. The third-order valence-corrected chi connectivity index (χ3v) is 4.12. The van der Waals surface area contributed by atoms with E-state index in [9.17, 15) is 9.59 Å². The molecule has 0 spiro atoms. The van der Waals surface area contributed by atoms with Gasteiger partial charge in [0.05, 0.1) is 6.61 Å². The largest absolute Gasteiger partial charge is 0.491 e. The first-order chi connectivity index (χ1) is 13.9. The molecule has 7 nitrogen and oxygen atoms in total. The molecule has 2 rings (SSSR count). The van der Waals surface area contributed by atoms with E-state index in [4.69, 9.17) is 19.7 Å². The molecule has 29 heavy (non-hydrogen) atoms. The highest BCUT2D eigenvalue weighted by atomic mass is 16.6. The summed E-state index contributed by atoms with van der Waals surface area (Å²) in [6.45, 7) is 3.79. The molecular formula is C22H25NO6. The van der Waals surface area contributed by atoms with E-state index >= 15 is 0 Å². The fourth-order valence-corrected chi connectivity index (χ4v) is 2.63. The Kier molecular flexibility index (Phi) is 8.24. The van der Waals surface area contributed by atoms with Crippen LogP contribution in [0.4, 0.5) is 10.5 Å². The van der Waals surface area contributed by atoms with Crippen LogP contribution in [-0.2, 0) is 9.53 Å². The monoisotopic (exact) mass is 399 g/mol. The second kappa shape index (κ2) is 10.9. The van der Waals surface area contributed by atoms with Gasteiger partial charge in [0.25, 0.3) is 0 Å².